The largest absolute Gasteiger partial charge is 0.388 e. The number of piperidine rings is 1. The zero-order valence-electron chi connectivity index (χ0n) is 19.4. The molecule has 1 amide bonds. The van der Waals surface area contributed by atoms with Gasteiger partial charge in [-0.3, -0.25) is 9.69 Å². The third-order valence-corrected chi connectivity index (χ3v) is 9.96. The molecular weight excluding hydrogens is 444 g/mol. The minimum absolute atomic E-state index is 0.000482. The summed E-state index contributed by atoms with van der Waals surface area (Å²) < 4.78 is 27.2. The van der Waals surface area contributed by atoms with E-state index in [-0.39, 0.29) is 23.2 Å². The zero-order valence-corrected chi connectivity index (χ0v) is 20.2. The first-order valence-corrected chi connectivity index (χ1v) is 13.5. The van der Waals surface area contributed by atoms with Crippen molar-refractivity contribution in [3.63, 3.8) is 0 Å². The van der Waals surface area contributed by atoms with Crippen molar-refractivity contribution in [3.8, 4) is 0 Å². The normalized spacial score (nSPS) is 30.3. The highest BCUT2D eigenvalue weighted by Crippen LogP contribution is 2.39. The number of aromatic nitrogens is 2. The summed E-state index contributed by atoms with van der Waals surface area (Å²) in [6, 6.07) is -0.202. The molecule has 1 aromatic heterocycles. The molecule has 4 heterocycles. The molecule has 3 fully saturated rings. The number of amides is 1. The van der Waals surface area contributed by atoms with Gasteiger partial charge in [0, 0.05) is 50.4 Å². The molecule has 2 saturated heterocycles. The van der Waals surface area contributed by atoms with Crippen molar-refractivity contribution in [2.45, 2.75) is 74.8 Å². The fourth-order valence-electron chi connectivity index (χ4n) is 5.67. The van der Waals surface area contributed by atoms with Gasteiger partial charge in [0.2, 0.25) is 21.9 Å². The molecule has 0 spiro atoms. The smallest absolute Gasteiger partial charge is 0.228 e. The van der Waals surface area contributed by atoms with E-state index in [0.717, 1.165) is 18.4 Å². The van der Waals surface area contributed by atoms with Crippen LogP contribution in [0.1, 0.15) is 51.0 Å². The number of aryl methyl sites for hydroxylation is 1. The van der Waals surface area contributed by atoms with Gasteiger partial charge in [-0.05, 0) is 52.5 Å². The second-order valence-electron chi connectivity index (χ2n) is 10.3. The lowest BCUT2D eigenvalue weighted by atomic mass is 9.95. The molecule has 3 aliphatic heterocycles. The lowest BCUT2D eigenvalue weighted by molar-refractivity contribution is -0.120. The van der Waals surface area contributed by atoms with E-state index in [0.29, 0.717) is 70.0 Å². The third kappa shape index (κ3) is 4.24. The quantitative estimate of drug-likeness (QED) is 0.631. The average molecular weight is 479 g/mol. The lowest BCUT2D eigenvalue weighted by Crippen LogP contribution is -2.58. The first-order valence-electron chi connectivity index (χ1n) is 12.0. The van der Waals surface area contributed by atoms with E-state index in [4.69, 9.17) is 4.98 Å². The van der Waals surface area contributed by atoms with Gasteiger partial charge in [0.15, 0.2) is 0 Å². The summed E-state index contributed by atoms with van der Waals surface area (Å²) in [6.45, 7) is 3.98. The van der Waals surface area contributed by atoms with Crippen molar-refractivity contribution in [1.29, 1.82) is 0 Å². The van der Waals surface area contributed by atoms with Gasteiger partial charge in [-0.1, -0.05) is 0 Å². The summed E-state index contributed by atoms with van der Waals surface area (Å²) in [5.74, 6) is 1.05. The van der Waals surface area contributed by atoms with Crippen molar-refractivity contribution >= 4 is 27.7 Å². The first-order chi connectivity index (χ1) is 15.6. The molecule has 0 aromatic carbocycles. The predicted octanol–water partition coefficient (Wildman–Crippen LogP) is 0.579. The minimum Gasteiger partial charge on any atom is -0.388 e. The molecule has 1 aromatic rings. The van der Waals surface area contributed by atoms with Crippen molar-refractivity contribution in [3.05, 3.63) is 11.8 Å². The number of hydrogen-bond donors (Lipinski definition) is 2. The van der Waals surface area contributed by atoms with Gasteiger partial charge in [0.25, 0.3) is 0 Å². The van der Waals surface area contributed by atoms with Gasteiger partial charge in [-0.15, -0.1) is 0 Å². The van der Waals surface area contributed by atoms with E-state index in [1.54, 1.807) is 22.3 Å². The van der Waals surface area contributed by atoms with E-state index in [1.165, 1.54) is 0 Å². The maximum atomic E-state index is 12.8. The van der Waals surface area contributed by atoms with Crippen LogP contribution in [0.4, 0.5) is 11.8 Å². The van der Waals surface area contributed by atoms with Crippen LogP contribution in [0.3, 0.4) is 0 Å². The number of anilines is 2. The highest BCUT2D eigenvalue weighted by atomic mass is 32.2. The molecule has 4 aliphatic rings. The van der Waals surface area contributed by atoms with Crippen LogP contribution in [-0.4, -0.2) is 94.8 Å². The van der Waals surface area contributed by atoms with Crippen molar-refractivity contribution < 1.29 is 18.3 Å². The van der Waals surface area contributed by atoms with Crippen LogP contribution in [0.5, 0.6) is 0 Å². The SMILES string of the molecule is CN1CC(S(=O)(=O)N2CCC(Nc3ncc4c(n3)N([C@H]3CCC[C@]3(C)O)C(=O)CC4)CC2)C1. The Hall–Kier alpha value is -1.82. The topological polar surface area (TPSA) is 119 Å². The predicted molar refractivity (Wildman–Crippen MR) is 125 cm³/mol. The Bertz CT molecular complexity index is 1020. The van der Waals surface area contributed by atoms with E-state index in [1.807, 2.05) is 11.9 Å². The van der Waals surface area contributed by atoms with Crippen molar-refractivity contribution in [1.82, 2.24) is 19.2 Å². The number of carbonyl (C=O) groups excluding carboxylic acids is 1. The van der Waals surface area contributed by atoms with Crippen LogP contribution >= 0.6 is 0 Å². The Balaban J connectivity index is 1.27. The van der Waals surface area contributed by atoms with Crippen LogP contribution in [0.2, 0.25) is 0 Å². The monoisotopic (exact) mass is 478 g/mol. The summed E-state index contributed by atoms with van der Waals surface area (Å²) in [6.07, 6.45) is 6.46. The molecule has 0 radical (unpaired) electrons. The Morgan fingerprint density at radius 3 is 2.55 bits per heavy atom. The average Bonchev–Trinajstić information content (AvgIpc) is 3.10. The zero-order chi connectivity index (χ0) is 23.4. The summed E-state index contributed by atoms with van der Waals surface area (Å²) in [4.78, 5) is 25.7. The van der Waals surface area contributed by atoms with Crippen LogP contribution < -0.4 is 10.2 Å². The molecule has 10 nitrogen and oxygen atoms in total. The van der Waals surface area contributed by atoms with Gasteiger partial charge >= 0.3 is 0 Å². The minimum atomic E-state index is -3.24. The number of hydrogen-bond acceptors (Lipinski definition) is 8. The number of nitrogens with zero attached hydrogens (tertiary/aromatic N) is 5. The summed E-state index contributed by atoms with van der Waals surface area (Å²) >= 11 is 0. The highest BCUT2D eigenvalue weighted by Gasteiger charge is 2.45. The summed E-state index contributed by atoms with van der Waals surface area (Å²) in [5.41, 5.74) is 0.00495. The first kappa shape index (κ1) is 22.9. The molecular formula is C22H34N6O4S. The Morgan fingerprint density at radius 2 is 1.91 bits per heavy atom. The Morgan fingerprint density at radius 1 is 1.18 bits per heavy atom. The molecule has 2 atom stereocenters. The summed E-state index contributed by atoms with van der Waals surface area (Å²) in [7, 11) is -1.30. The van der Waals surface area contributed by atoms with Crippen molar-refractivity contribution in [2.75, 3.05) is 43.4 Å². The molecule has 33 heavy (non-hydrogen) atoms. The number of rotatable bonds is 5. The van der Waals surface area contributed by atoms with Crippen LogP contribution in [0.15, 0.2) is 6.20 Å². The third-order valence-electron chi connectivity index (χ3n) is 7.74. The number of aliphatic hydroxyl groups is 1. The molecule has 182 valence electrons. The second-order valence-corrected chi connectivity index (χ2v) is 12.5. The Labute approximate surface area is 195 Å². The molecule has 1 aliphatic carbocycles. The van der Waals surface area contributed by atoms with Crippen LogP contribution in [0, 0.1) is 0 Å². The number of carbonyl (C=O) groups is 1. The van der Waals surface area contributed by atoms with Gasteiger partial charge in [0.1, 0.15) is 11.1 Å². The molecule has 2 N–H and O–H groups in total. The second kappa shape index (κ2) is 8.44. The fourth-order valence-corrected chi connectivity index (χ4v) is 7.70. The fraction of sp³-hybridized carbons (Fsp3) is 0.773. The molecule has 0 unspecified atom stereocenters. The van der Waals surface area contributed by atoms with Gasteiger partial charge in [0.05, 0.1) is 11.6 Å². The van der Waals surface area contributed by atoms with Gasteiger partial charge in [-0.25, -0.2) is 17.7 Å². The molecule has 1 saturated carbocycles. The summed E-state index contributed by atoms with van der Waals surface area (Å²) in [5, 5.41) is 13.9. The maximum absolute atomic E-state index is 12.8. The van der Waals surface area contributed by atoms with Crippen LogP contribution in [-0.2, 0) is 21.2 Å². The standard InChI is InChI=1S/C22H34N6O4S/c1-22(30)9-3-4-18(22)28-19(29)6-5-15-12-23-21(25-20(15)28)24-16-7-10-27(11-8-16)33(31,32)17-13-26(2)14-17/h12,16-18,30H,3-11,13-14H2,1-2H3,(H,23,24,25)/t18-,22-/m0/s1. The molecule has 0 bridgehead atoms. The number of sulfonamides is 1. The highest BCUT2D eigenvalue weighted by molar-refractivity contribution is 7.89. The van der Waals surface area contributed by atoms with Gasteiger partial charge < -0.3 is 15.3 Å². The van der Waals surface area contributed by atoms with E-state index in [9.17, 15) is 18.3 Å². The van der Waals surface area contributed by atoms with E-state index < -0.39 is 15.6 Å². The Kier molecular flexibility index (Phi) is 5.87. The number of nitrogens with one attached hydrogen (secondary N) is 1. The van der Waals surface area contributed by atoms with Gasteiger partial charge in [-0.2, -0.15) is 4.98 Å². The molecule has 11 heteroatoms. The maximum Gasteiger partial charge on any atom is 0.228 e. The number of fused-ring (bicyclic) bond motifs is 1. The van der Waals surface area contributed by atoms with E-state index >= 15 is 0 Å². The number of likely N-dealkylation sites (tertiary alicyclic amines) is 1. The lowest BCUT2D eigenvalue weighted by Gasteiger charge is -2.40. The molecule has 5 rings (SSSR count). The van der Waals surface area contributed by atoms with Crippen LogP contribution in [0.25, 0.3) is 0 Å². The van der Waals surface area contributed by atoms with E-state index in [2.05, 4.69) is 10.3 Å². The van der Waals surface area contributed by atoms with Crippen molar-refractivity contribution in [2.24, 2.45) is 0 Å².